The molecule has 0 spiro atoms. The predicted octanol–water partition coefficient (Wildman–Crippen LogP) is 3.73. The Balaban J connectivity index is 1.65. The van der Waals surface area contributed by atoms with Gasteiger partial charge in [0.1, 0.15) is 0 Å². The lowest BCUT2D eigenvalue weighted by molar-refractivity contribution is 0.0934. The number of amides is 1. The van der Waals surface area contributed by atoms with E-state index >= 15 is 0 Å². The van der Waals surface area contributed by atoms with E-state index in [4.69, 9.17) is 9.47 Å². The maximum absolute atomic E-state index is 12.4. The Morgan fingerprint density at radius 2 is 1.68 bits per heavy atom. The Hall–Kier alpha value is -3.61. The van der Waals surface area contributed by atoms with Crippen molar-refractivity contribution in [2.24, 2.45) is 0 Å². The zero-order chi connectivity index (χ0) is 19.9. The summed E-state index contributed by atoms with van der Waals surface area (Å²) in [6.45, 7) is 1.92. The number of methoxy groups -OCH3 is 2. The van der Waals surface area contributed by atoms with Gasteiger partial charge in [-0.05, 0) is 36.8 Å². The maximum atomic E-state index is 12.4. The molecule has 0 saturated heterocycles. The number of nitrogens with zero attached hydrogens (tertiary/aromatic N) is 2. The molecule has 1 amide bonds. The molecule has 1 heterocycles. The molecule has 0 radical (unpaired) electrons. The fourth-order valence-corrected chi connectivity index (χ4v) is 2.68. The van der Waals surface area contributed by atoms with Crippen molar-refractivity contribution in [3.8, 4) is 11.5 Å². The molecule has 0 aliphatic carbocycles. The van der Waals surface area contributed by atoms with Gasteiger partial charge in [0.2, 0.25) is 0 Å². The van der Waals surface area contributed by atoms with Crippen LogP contribution in [0.3, 0.4) is 0 Å². The molecule has 0 fully saturated rings. The summed E-state index contributed by atoms with van der Waals surface area (Å²) in [7, 11) is 3.16. The van der Waals surface area contributed by atoms with Gasteiger partial charge >= 0.3 is 0 Å². The van der Waals surface area contributed by atoms with Gasteiger partial charge in [0.05, 0.1) is 20.3 Å². The summed E-state index contributed by atoms with van der Waals surface area (Å²) in [6, 6.07) is 18.4. The summed E-state index contributed by atoms with van der Waals surface area (Å²) >= 11 is 0. The van der Waals surface area contributed by atoms with Crippen LogP contribution in [0.2, 0.25) is 0 Å². The van der Waals surface area contributed by atoms with Crippen LogP contribution in [-0.4, -0.2) is 30.3 Å². The molecule has 7 nitrogen and oxygen atoms in total. The summed E-state index contributed by atoms with van der Waals surface area (Å²) in [5, 5.41) is 14.1. The zero-order valence-corrected chi connectivity index (χ0v) is 16.0. The molecular weight excluding hydrogens is 356 g/mol. The number of nitrogens with one attached hydrogen (secondary N) is 2. The van der Waals surface area contributed by atoms with Gasteiger partial charge in [-0.15, -0.1) is 10.2 Å². The molecule has 1 aromatic heterocycles. The molecular formula is C21H22N4O3. The fraction of sp³-hybridized carbons (Fsp3) is 0.190. The number of aromatic nitrogens is 2. The van der Waals surface area contributed by atoms with E-state index in [0.717, 1.165) is 11.3 Å². The first-order valence-electron chi connectivity index (χ1n) is 8.79. The Bertz CT molecular complexity index is 930. The molecule has 0 aliphatic heterocycles. The van der Waals surface area contributed by atoms with Gasteiger partial charge < -0.3 is 20.1 Å². The van der Waals surface area contributed by atoms with Gasteiger partial charge in [-0.1, -0.05) is 30.3 Å². The number of ether oxygens (including phenoxy) is 2. The van der Waals surface area contributed by atoms with Crippen LogP contribution >= 0.6 is 0 Å². The zero-order valence-electron chi connectivity index (χ0n) is 16.0. The van der Waals surface area contributed by atoms with Crippen molar-refractivity contribution >= 4 is 17.4 Å². The lowest BCUT2D eigenvalue weighted by atomic mass is 10.1. The third kappa shape index (κ3) is 4.56. The van der Waals surface area contributed by atoms with Gasteiger partial charge in [0.25, 0.3) is 5.91 Å². The molecule has 144 valence electrons. The van der Waals surface area contributed by atoms with Crippen LogP contribution in [0.15, 0.2) is 60.7 Å². The highest BCUT2D eigenvalue weighted by molar-refractivity contribution is 5.92. The average Bonchev–Trinajstić information content (AvgIpc) is 2.74. The monoisotopic (exact) mass is 378 g/mol. The Morgan fingerprint density at radius 3 is 2.32 bits per heavy atom. The minimum Gasteiger partial charge on any atom is -0.493 e. The number of benzene rings is 2. The van der Waals surface area contributed by atoms with E-state index in [9.17, 15) is 4.79 Å². The van der Waals surface area contributed by atoms with Crippen LogP contribution in [0.4, 0.5) is 11.5 Å². The second-order valence-electron chi connectivity index (χ2n) is 6.10. The van der Waals surface area contributed by atoms with Crippen molar-refractivity contribution in [2.75, 3.05) is 19.5 Å². The van der Waals surface area contributed by atoms with Crippen molar-refractivity contribution < 1.29 is 14.3 Å². The number of anilines is 2. The predicted molar refractivity (Wildman–Crippen MR) is 107 cm³/mol. The quantitative estimate of drug-likeness (QED) is 0.652. The molecule has 3 aromatic rings. The molecule has 7 heteroatoms. The van der Waals surface area contributed by atoms with Crippen molar-refractivity contribution in [1.82, 2.24) is 15.5 Å². The highest BCUT2D eigenvalue weighted by Gasteiger charge is 2.13. The van der Waals surface area contributed by atoms with Gasteiger partial charge in [0, 0.05) is 11.8 Å². The van der Waals surface area contributed by atoms with Crippen LogP contribution in [-0.2, 0) is 0 Å². The van der Waals surface area contributed by atoms with E-state index < -0.39 is 0 Å². The standard InChI is InChI=1S/C21H22N4O3/c1-14(15-7-5-4-6-8-15)22-21(26)17-10-12-20(25-24-17)23-16-9-11-18(27-2)19(13-16)28-3/h4-14H,1-3H3,(H,22,26)(H,23,25). The summed E-state index contributed by atoms with van der Waals surface area (Å²) in [6.07, 6.45) is 0. The molecule has 0 aliphatic rings. The summed E-state index contributed by atoms with van der Waals surface area (Å²) in [5.74, 6) is 1.48. The summed E-state index contributed by atoms with van der Waals surface area (Å²) in [4.78, 5) is 12.4. The van der Waals surface area contributed by atoms with Crippen molar-refractivity contribution in [3.63, 3.8) is 0 Å². The molecule has 0 saturated carbocycles. The van der Waals surface area contributed by atoms with Crippen molar-refractivity contribution in [3.05, 3.63) is 71.9 Å². The van der Waals surface area contributed by atoms with Gasteiger partial charge in [-0.25, -0.2) is 0 Å². The number of carbonyl (C=O) groups is 1. The number of hydrogen-bond acceptors (Lipinski definition) is 6. The SMILES string of the molecule is COc1ccc(Nc2ccc(C(=O)NC(C)c3ccccc3)nn2)cc1OC. The van der Waals surface area contributed by atoms with E-state index in [2.05, 4.69) is 20.8 Å². The third-order valence-electron chi connectivity index (χ3n) is 4.20. The number of hydrogen-bond donors (Lipinski definition) is 2. The minimum absolute atomic E-state index is 0.125. The van der Waals surface area contributed by atoms with E-state index in [1.807, 2.05) is 43.3 Å². The van der Waals surface area contributed by atoms with Crippen LogP contribution < -0.4 is 20.1 Å². The van der Waals surface area contributed by atoms with Crippen LogP contribution in [0.5, 0.6) is 11.5 Å². The fourth-order valence-electron chi connectivity index (χ4n) is 2.68. The smallest absolute Gasteiger partial charge is 0.272 e. The Labute approximate surface area is 163 Å². The largest absolute Gasteiger partial charge is 0.493 e. The highest BCUT2D eigenvalue weighted by atomic mass is 16.5. The van der Waals surface area contributed by atoms with E-state index in [0.29, 0.717) is 17.3 Å². The van der Waals surface area contributed by atoms with Crippen molar-refractivity contribution in [1.29, 1.82) is 0 Å². The Morgan fingerprint density at radius 1 is 0.929 bits per heavy atom. The third-order valence-corrected chi connectivity index (χ3v) is 4.20. The van der Waals surface area contributed by atoms with E-state index in [1.165, 1.54) is 0 Å². The van der Waals surface area contributed by atoms with Gasteiger partial charge in [0.15, 0.2) is 23.0 Å². The molecule has 1 atom stereocenters. The number of rotatable bonds is 7. The van der Waals surface area contributed by atoms with Gasteiger partial charge in [-0.3, -0.25) is 4.79 Å². The molecule has 3 rings (SSSR count). The summed E-state index contributed by atoms with van der Waals surface area (Å²) < 4.78 is 10.5. The Kier molecular flexibility index (Phi) is 6.06. The van der Waals surface area contributed by atoms with Crippen LogP contribution in [0.25, 0.3) is 0 Å². The second kappa shape index (κ2) is 8.85. The molecule has 2 N–H and O–H groups in total. The molecule has 0 bridgehead atoms. The van der Waals surface area contributed by atoms with E-state index in [-0.39, 0.29) is 17.6 Å². The highest BCUT2D eigenvalue weighted by Crippen LogP contribution is 2.30. The molecule has 1 unspecified atom stereocenters. The first-order chi connectivity index (χ1) is 13.6. The first kappa shape index (κ1) is 19.2. The normalized spacial score (nSPS) is 11.4. The molecule has 28 heavy (non-hydrogen) atoms. The van der Waals surface area contributed by atoms with Crippen LogP contribution in [0.1, 0.15) is 29.0 Å². The average molecular weight is 378 g/mol. The maximum Gasteiger partial charge on any atom is 0.272 e. The van der Waals surface area contributed by atoms with Gasteiger partial charge in [-0.2, -0.15) is 0 Å². The minimum atomic E-state index is -0.276. The lowest BCUT2D eigenvalue weighted by Crippen LogP contribution is -2.27. The molecule has 2 aromatic carbocycles. The van der Waals surface area contributed by atoms with E-state index in [1.54, 1.807) is 38.5 Å². The van der Waals surface area contributed by atoms with Crippen LogP contribution in [0, 0.1) is 0 Å². The topological polar surface area (TPSA) is 85.4 Å². The summed E-state index contributed by atoms with van der Waals surface area (Å²) in [5.41, 5.74) is 2.04. The first-order valence-corrected chi connectivity index (χ1v) is 8.79. The van der Waals surface area contributed by atoms with Crippen molar-refractivity contribution in [2.45, 2.75) is 13.0 Å². The lowest BCUT2D eigenvalue weighted by Gasteiger charge is -2.14. The second-order valence-corrected chi connectivity index (χ2v) is 6.10. The number of carbonyl (C=O) groups excluding carboxylic acids is 1.